The van der Waals surface area contributed by atoms with Gasteiger partial charge >= 0.3 is 0 Å². The number of hydrogen-bond donors (Lipinski definition) is 0. The molecule has 1 aromatic carbocycles. The Hall–Kier alpha value is -2.78. The number of hydrogen-bond acceptors (Lipinski definition) is 7. The minimum Gasteiger partial charge on any atom is -0.383 e. The summed E-state index contributed by atoms with van der Waals surface area (Å²) in [6.45, 7) is 6.76. The molecular formula is C22H29N7O2. The number of benzene rings is 1. The molecule has 0 atom stereocenters. The van der Waals surface area contributed by atoms with Crippen LogP contribution in [0.15, 0.2) is 29.3 Å². The van der Waals surface area contributed by atoms with Crippen molar-refractivity contribution in [3.8, 4) is 0 Å². The van der Waals surface area contributed by atoms with Crippen LogP contribution in [0.1, 0.15) is 24.5 Å². The molecule has 0 radical (unpaired) electrons. The van der Waals surface area contributed by atoms with Crippen LogP contribution in [-0.2, 0) is 30.8 Å². The Morgan fingerprint density at radius 3 is 2.77 bits per heavy atom. The number of aryl methyl sites for hydroxylation is 1. The number of ether oxygens (including phenoxy) is 1. The van der Waals surface area contributed by atoms with Gasteiger partial charge in [0.05, 0.1) is 36.9 Å². The monoisotopic (exact) mass is 423 g/mol. The van der Waals surface area contributed by atoms with Crippen molar-refractivity contribution in [3.63, 3.8) is 0 Å². The Labute approximate surface area is 181 Å². The van der Waals surface area contributed by atoms with Gasteiger partial charge in [0.15, 0.2) is 0 Å². The molecule has 3 aromatic rings. The summed E-state index contributed by atoms with van der Waals surface area (Å²) in [5, 5.41) is 9.48. The third kappa shape index (κ3) is 4.07. The fourth-order valence-electron chi connectivity index (χ4n) is 4.54. The summed E-state index contributed by atoms with van der Waals surface area (Å²) in [7, 11) is 1.63. The highest BCUT2D eigenvalue weighted by Gasteiger charge is 2.22. The molecule has 0 amide bonds. The molecule has 0 unspecified atom stereocenters. The van der Waals surface area contributed by atoms with E-state index in [2.05, 4.69) is 29.5 Å². The van der Waals surface area contributed by atoms with E-state index in [1.807, 2.05) is 18.2 Å². The molecule has 5 rings (SSSR count). The highest BCUT2D eigenvalue weighted by atomic mass is 16.5. The van der Waals surface area contributed by atoms with Gasteiger partial charge in [-0.25, -0.2) is 4.98 Å². The predicted octanol–water partition coefficient (Wildman–Crippen LogP) is 1.29. The van der Waals surface area contributed by atoms with E-state index < -0.39 is 0 Å². The van der Waals surface area contributed by atoms with Crippen molar-refractivity contribution in [2.75, 3.05) is 44.8 Å². The molecule has 1 saturated heterocycles. The van der Waals surface area contributed by atoms with E-state index in [0.717, 1.165) is 68.5 Å². The Kier molecular flexibility index (Phi) is 5.69. The summed E-state index contributed by atoms with van der Waals surface area (Å²) in [5.74, 6) is 2.24. The minimum atomic E-state index is -0.0185. The number of nitrogens with zero attached hydrogens (tertiary/aromatic N) is 7. The molecule has 0 aliphatic carbocycles. The number of fused-ring (bicyclic) bond motifs is 2. The summed E-state index contributed by atoms with van der Waals surface area (Å²) in [6.07, 6.45) is 5.11. The van der Waals surface area contributed by atoms with E-state index in [9.17, 15) is 4.79 Å². The topological polar surface area (TPSA) is 81.3 Å². The average Bonchev–Trinajstić information content (AvgIpc) is 3.22. The Morgan fingerprint density at radius 1 is 1.06 bits per heavy atom. The van der Waals surface area contributed by atoms with Crippen LogP contribution >= 0.6 is 0 Å². The van der Waals surface area contributed by atoms with Crippen molar-refractivity contribution in [2.45, 2.75) is 38.9 Å². The van der Waals surface area contributed by atoms with Gasteiger partial charge in [-0.2, -0.15) is 0 Å². The highest BCUT2D eigenvalue weighted by molar-refractivity contribution is 5.81. The van der Waals surface area contributed by atoms with E-state index in [1.165, 1.54) is 12.8 Å². The van der Waals surface area contributed by atoms with Crippen LogP contribution in [0.4, 0.5) is 5.69 Å². The number of piperazine rings is 1. The first-order chi connectivity index (χ1) is 15.2. The largest absolute Gasteiger partial charge is 0.383 e. The van der Waals surface area contributed by atoms with E-state index >= 15 is 0 Å². The SMILES string of the molecule is COCCn1cnc2cc(N3CCN(Cc4nnc5n4CCCC5)CC3)ccc2c1=O. The Bertz CT molecular complexity index is 1110. The lowest BCUT2D eigenvalue weighted by molar-refractivity contribution is 0.186. The highest BCUT2D eigenvalue weighted by Crippen LogP contribution is 2.21. The molecule has 4 heterocycles. The Morgan fingerprint density at radius 2 is 1.94 bits per heavy atom. The van der Waals surface area contributed by atoms with E-state index in [0.29, 0.717) is 18.5 Å². The zero-order chi connectivity index (χ0) is 21.2. The first-order valence-corrected chi connectivity index (χ1v) is 11.1. The number of aromatic nitrogens is 5. The molecule has 9 heteroatoms. The van der Waals surface area contributed by atoms with E-state index in [-0.39, 0.29) is 5.56 Å². The second kappa shape index (κ2) is 8.76. The standard InChI is InChI=1S/C22H29N7O2/c1-31-13-12-28-16-23-19-14-17(5-6-18(19)22(28)30)27-10-8-26(9-11-27)15-21-25-24-20-4-2-3-7-29(20)21/h5-6,14,16H,2-4,7-13,15H2,1H3. The van der Waals surface area contributed by atoms with Crippen LogP contribution < -0.4 is 10.5 Å². The fraction of sp³-hybridized carbons (Fsp3) is 0.545. The van der Waals surface area contributed by atoms with Gasteiger partial charge in [0.2, 0.25) is 0 Å². The first kappa shape index (κ1) is 20.1. The number of methoxy groups -OCH3 is 1. The van der Waals surface area contributed by atoms with Gasteiger partial charge in [0, 0.05) is 51.9 Å². The van der Waals surface area contributed by atoms with Gasteiger partial charge in [0.25, 0.3) is 5.56 Å². The van der Waals surface area contributed by atoms with Crippen molar-refractivity contribution >= 4 is 16.6 Å². The van der Waals surface area contributed by atoms with Crippen LogP contribution in [0.25, 0.3) is 10.9 Å². The minimum absolute atomic E-state index is 0.0185. The second-order valence-corrected chi connectivity index (χ2v) is 8.34. The average molecular weight is 424 g/mol. The second-order valence-electron chi connectivity index (χ2n) is 8.34. The molecule has 0 bridgehead atoms. The molecule has 2 aliphatic heterocycles. The van der Waals surface area contributed by atoms with Crippen molar-refractivity contribution in [1.82, 2.24) is 29.2 Å². The molecule has 31 heavy (non-hydrogen) atoms. The lowest BCUT2D eigenvalue weighted by atomic mass is 10.1. The van der Waals surface area contributed by atoms with Crippen LogP contribution in [0.5, 0.6) is 0 Å². The third-order valence-corrected chi connectivity index (χ3v) is 6.38. The summed E-state index contributed by atoms with van der Waals surface area (Å²) in [5.41, 5.74) is 1.84. The van der Waals surface area contributed by atoms with Gasteiger partial charge in [-0.1, -0.05) is 0 Å². The van der Waals surface area contributed by atoms with Gasteiger partial charge in [0.1, 0.15) is 11.6 Å². The maximum Gasteiger partial charge on any atom is 0.261 e. The first-order valence-electron chi connectivity index (χ1n) is 11.1. The quantitative estimate of drug-likeness (QED) is 0.591. The molecule has 0 N–H and O–H groups in total. The summed E-state index contributed by atoms with van der Waals surface area (Å²) in [6, 6.07) is 5.97. The molecule has 0 saturated carbocycles. The van der Waals surface area contributed by atoms with Crippen LogP contribution in [0.2, 0.25) is 0 Å². The van der Waals surface area contributed by atoms with Crippen molar-refractivity contribution in [2.24, 2.45) is 0 Å². The molecule has 0 spiro atoms. The number of anilines is 1. The number of rotatable bonds is 6. The van der Waals surface area contributed by atoms with E-state index in [1.54, 1.807) is 18.0 Å². The molecule has 2 aliphatic rings. The Balaban J connectivity index is 1.25. The third-order valence-electron chi connectivity index (χ3n) is 6.38. The lowest BCUT2D eigenvalue weighted by Crippen LogP contribution is -2.46. The van der Waals surface area contributed by atoms with E-state index in [4.69, 9.17) is 4.74 Å². The van der Waals surface area contributed by atoms with Crippen LogP contribution in [0.3, 0.4) is 0 Å². The summed E-state index contributed by atoms with van der Waals surface area (Å²) < 4.78 is 8.99. The molecule has 164 valence electrons. The maximum atomic E-state index is 12.7. The molecule has 2 aromatic heterocycles. The molecule has 1 fully saturated rings. The maximum absolute atomic E-state index is 12.7. The van der Waals surface area contributed by atoms with Crippen molar-refractivity contribution < 1.29 is 4.74 Å². The normalized spacial score (nSPS) is 17.3. The van der Waals surface area contributed by atoms with Crippen molar-refractivity contribution in [1.29, 1.82) is 0 Å². The fourth-order valence-corrected chi connectivity index (χ4v) is 4.54. The van der Waals surface area contributed by atoms with Gasteiger partial charge in [-0.3, -0.25) is 14.3 Å². The zero-order valence-corrected chi connectivity index (χ0v) is 18.0. The summed E-state index contributed by atoms with van der Waals surface area (Å²) in [4.78, 5) is 22.0. The smallest absolute Gasteiger partial charge is 0.261 e. The lowest BCUT2D eigenvalue weighted by Gasteiger charge is -2.36. The predicted molar refractivity (Wildman–Crippen MR) is 118 cm³/mol. The van der Waals surface area contributed by atoms with Gasteiger partial charge < -0.3 is 14.2 Å². The molecule has 9 nitrogen and oxygen atoms in total. The van der Waals surface area contributed by atoms with Crippen molar-refractivity contribution in [3.05, 3.63) is 46.5 Å². The van der Waals surface area contributed by atoms with Gasteiger partial charge in [-0.05, 0) is 31.0 Å². The zero-order valence-electron chi connectivity index (χ0n) is 18.0. The van der Waals surface area contributed by atoms with Gasteiger partial charge in [-0.15, -0.1) is 10.2 Å². The van der Waals surface area contributed by atoms with Crippen LogP contribution in [0, 0.1) is 0 Å². The molecular weight excluding hydrogens is 394 g/mol. The summed E-state index contributed by atoms with van der Waals surface area (Å²) >= 11 is 0. The van der Waals surface area contributed by atoms with Crippen LogP contribution in [-0.4, -0.2) is 69.1 Å².